The molecule has 0 amide bonds. The summed E-state index contributed by atoms with van der Waals surface area (Å²) in [6.45, 7) is 2.32. The summed E-state index contributed by atoms with van der Waals surface area (Å²) in [5.74, 6) is 2.09. The Morgan fingerprint density at radius 3 is 2.50 bits per heavy atom. The molecule has 1 saturated carbocycles. The summed E-state index contributed by atoms with van der Waals surface area (Å²) in [5.41, 5.74) is 1.79. The Bertz CT molecular complexity index is 220. The van der Waals surface area contributed by atoms with Gasteiger partial charge in [0.05, 0.1) is 0 Å². The zero-order valence-corrected chi connectivity index (χ0v) is 11.0. The van der Waals surface area contributed by atoms with E-state index in [1.54, 1.807) is 5.57 Å². The van der Waals surface area contributed by atoms with Gasteiger partial charge in [0.1, 0.15) is 0 Å². The maximum atomic E-state index is 2.58. The zero-order chi connectivity index (χ0) is 11.2. The fourth-order valence-electron chi connectivity index (χ4n) is 3.53. The second kappa shape index (κ2) is 6.47. The molecule has 0 spiro atoms. The minimum Gasteiger partial charge on any atom is -0.0851 e. The molecule has 0 heterocycles. The van der Waals surface area contributed by atoms with E-state index < -0.39 is 0 Å². The topological polar surface area (TPSA) is 0 Å². The van der Waals surface area contributed by atoms with Crippen molar-refractivity contribution < 1.29 is 0 Å². The van der Waals surface area contributed by atoms with Crippen molar-refractivity contribution in [2.24, 2.45) is 11.8 Å². The van der Waals surface area contributed by atoms with E-state index in [2.05, 4.69) is 13.0 Å². The van der Waals surface area contributed by atoms with Gasteiger partial charge in [-0.2, -0.15) is 0 Å². The van der Waals surface area contributed by atoms with Crippen LogP contribution in [0.15, 0.2) is 11.6 Å². The first-order chi connectivity index (χ1) is 7.88. The van der Waals surface area contributed by atoms with E-state index in [-0.39, 0.29) is 0 Å². The van der Waals surface area contributed by atoms with Crippen molar-refractivity contribution in [2.45, 2.75) is 77.6 Å². The molecule has 1 fully saturated rings. The lowest BCUT2D eigenvalue weighted by atomic mass is 9.84. The van der Waals surface area contributed by atoms with Crippen LogP contribution in [-0.2, 0) is 0 Å². The Kier molecular flexibility index (Phi) is 4.93. The van der Waals surface area contributed by atoms with E-state index in [4.69, 9.17) is 0 Å². The first-order valence-corrected chi connectivity index (χ1v) is 7.56. The molecule has 2 aliphatic carbocycles. The summed E-state index contributed by atoms with van der Waals surface area (Å²) < 4.78 is 0. The molecule has 2 aliphatic rings. The minimum atomic E-state index is 1.01. The van der Waals surface area contributed by atoms with Crippen LogP contribution in [0.25, 0.3) is 0 Å². The first-order valence-electron chi connectivity index (χ1n) is 7.56. The second-order valence-electron chi connectivity index (χ2n) is 5.98. The number of hydrogen-bond acceptors (Lipinski definition) is 0. The van der Waals surface area contributed by atoms with Crippen molar-refractivity contribution >= 4 is 0 Å². The highest BCUT2D eigenvalue weighted by molar-refractivity contribution is 5.06. The minimum absolute atomic E-state index is 1.01. The van der Waals surface area contributed by atoms with Crippen LogP contribution in [0.1, 0.15) is 77.6 Å². The van der Waals surface area contributed by atoms with Gasteiger partial charge in [-0.1, -0.05) is 57.1 Å². The largest absolute Gasteiger partial charge is 0.0851 e. The fraction of sp³-hybridized carbons (Fsp3) is 0.875. The molecule has 0 N–H and O–H groups in total. The summed E-state index contributed by atoms with van der Waals surface area (Å²) in [5, 5.41) is 0. The van der Waals surface area contributed by atoms with Crippen molar-refractivity contribution in [3.63, 3.8) is 0 Å². The molecule has 92 valence electrons. The Labute approximate surface area is 102 Å². The molecule has 1 unspecified atom stereocenters. The average molecular weight is 220 g/mol. The lowest BCUT2D eigenvalue weighted by Crippen LogP contribution is -2.06. The van der Waals surface area contributed by atoms with Crippen LogP contribution in [0.2, 0.25) is 0 Å². The van der Waals surface area contributed by atoms with E-state index in [1.807, 2.05) is 0 Å². The molecule has 0 aromatic heterocycles. The average Bonchev–Trinajstić information content (AvgIpc) is 2.82. The molecule has 0 radical (unpaired) electrons. The van der Waals surface area contributed by atoms with Crippen LogP contribution in [-0.4, -0.2) is 0 Å². The van der Waals surface area contributed by atoms with Gasteiger partial charge in [-0.15, -0.1) is 0 Å². The summed E-state index contributed by atoms with van der Waals surface area (Å²) in [7, 11) is 0. The summed E-state index contributed by atoms with van der Waals surface area (Å²) in [6.07, 6.45) is 18.6. The zero-order valence-electron chi connectivity index (χ0n) is 11.0. The third-order valence-corrected chi connectivity index (χ3v) is 4.66. The van der Waals surface area contributed by atoms with Crippen LogP contribution in [0, 0.1) is 11.8 Å². The molecule has 0 nitrogen and oxygen atoms in total. The lowest BCUT2D eigenvalue weighted by molar-refractivity contribution is 0.419. The number of rotatable bonds is 5. The first kappa shape index (κ1) is 12.2. The van der Waals surface area contributed by atoms with E-state index in [0.29, 0.717) is 0 Å². The normalized spacial score (nSPS) is 27.1. The Morgan fingerprint density at radius 1 is 1.06 bits per heavy atom. The summed E-state index contributed by atoms with van der Waals surface area (Å²) in [4.78, 5) is 0. The van der Waals surface area contributed by atoms with Gasteiger partial charge in [-0.3, -0.25) is 0 Å². The van der Waals surface area contributed by atoms with Crippen LogP contribution in [0.5, 0.6) is 0 Å². The third kappa shape index (κ3) is 3.64. The third-order valence-electron chi connectivity index (χ3n) is 4.66. The van der Waals surface area contributed by atoms with Gasteiger partial charge >= 0.3 is 0 Å². The van der Waals surface area contributed by atoms with Crippen LogP contribution >= 0.6 is 0 Å². The van der Waals surface area contributed by atoms with Gasteiger partial charge in [-0.25, -0.2) is 0 Å². The number of hydrogen-bond donors (Lipinski definition) is 0. The predicted octanol–water partition coefficient (Wildman–Crippen LogP) is 5.48. The predicted molar refractivity (Wildman–Crippen MR) is 71.5 cm³/mol. The van der Waals surface area contributed by atoms with E-state index in [9.17, 15) is 0 Å². The van der Waals surface area contributed by atoms with Gasteiger partial charge in [0.15, 0.2) is 0 Å². The fourth-order valence-corrected chi connectivity index (χ4v) is 3.53. The van der Waals surface area contributed by atoms with Gasteiger partial charge in [0.25, 0.3) is 0 Å². The molecular weight excluding hydrogens is 192 g/mol. The van der Waals surface area contributed by atoms with Crippen molar-refractivity contribution in [3.8, 4) is 0 Å². The Morgan fingerprint density at radius 2 is 1.88 bits per heavy atom. The molecule has 16 heavy (non-hydrogen) atoms. The Balaban J connectivity index is 1.66. The van der Waals surface area contributed by atoms with Crippen LogP contribution in [0.3, 0.4) is 0 Å². The van der Waals surface area contributed by atoms with E-state index in [0.717, 1.165) is 11.8 Å². The van der Waals surface area contributed by atoms with Crippen molar-refractivity contribution in [1.29, 1.82) is 0 Å². The highest BCUT2D eigenvalue weighted by atomic mass is 14.2. The van der Waals surface area contributed by atoms with E-state index in [1.165, 1.54) is 70.6 Å². The molecule has 0 aliphatic heterocycles. The van der Waals surface area contributed by atoms with Gasteiger partial charge < -0.3 is 0 Å². The van der Waals surface area contributed by atoms with Crippen molar-refractivity contribution in [1.82, 2.24) is 0 Å². The van der Waals surface area contributed by atoms with E-state index >= 15 is 0 Å². The highest BCUT2D eigenvalue weighted by Gasteiger charge is 2.17. The molecule has 2 rings (SSSR count). The molecule has 0 aromatic carbocycles. The molecule has 0 bridgehead atoms. The van der Waals surface area contributed by atoms with Gasteiger partial charge in [0.2, 0.25) is 0 Å². The summed E-state index contributed by atoms with van der Waals surface area (Å²) in [6, 6.07) is 0. The van der Waals surface area contributed by atoms with Crippen molar-refractivity contribution in [2.75, 3.05) is 0 Å². The standard InChI is InChI=1S/C16H28/c1-2-5-14-8-11-16(12-9-14)13-10-15-6-3-4-7-15/h11,14-15H,2-10,12-13H2,1H3. The molecule has 1 atom stereocenters. The van der Waals surface area contributed by atoms with Crippen molar-refractivity contribution in [3.05, 3.63) is 11.6 Å². The van der Waals surface area contributed by atoms with Crippen LogP contribution in [0.4, 0.5) is 0 Å². The smallest absolute Gasteiger partial charge is 0.0318 e. The monoisotopic (exact) mass is 220 g/mol. The quantitative estimate of drug-likeness (QED) is 0.538. The van der Waals surface area contributed by atoms with Gasteiger partial charge in [-0.05, 0) is 43.9 Å². The maximum absolute atomic E-state index is 2.58. The lowest BCUT2D eigenvalue weighted by Gasteiger charge is -2.22. The molecule has 0 saturated heterocycles. The number of allylic oxidation sites excluding steroid dienone is 2. The second-order valence-corrected chi connectivity index (χ2v) is 5.98. The molecular formula is C16H28. The summed E-state index contributed by atoms with van der Waals surface area (Å²) >= 11 is 0. The Hall–Kier alpha value is -0.260. The van der Waals surface area contributed by atoms with Gasteiger partial charge in [0, 0.05) is 0 Å². The SMILES string of the molecule is CCCC1CC=C(CCC2CCCC2)CC1. The molecule has 0 aromatic rings. The van der Waals surface area contributed by atoms with Crippen LogP contribution < -0.4 is 0 Å². The highest BCUT2D eigenvalue weighted by Crippen LogP contribution is 2.33. The maximum Gasteiger partial charge on any atom is -0.0318 e. The molecule has 0 heteroatoms.